The number of carbonyl (C=O) groups excluding carboxylic acids is 1. The molecule has 49 heavy (non-hydrogen) atoms. The van der Waals surface area contributed by atoms with Crippen LogP contribution < -0.4 is 5.32 Å². The van der Waals surface area contributed by atoms with E-state index >= 15 is 0 Å². The number of likely N-dealkylation sites (tertiary alicyclic amines) is 1. The standard InChI is InChI=1S/C31H46N4.C5H8.C4H8O.C2H6.CH2O/c1-6-26(7-2)12-9-11-24(4)15-16-29-22-32-31(33-25(29)5)34-30-14-10-13-28(21-30)23-35-19-17-27(8-3)18-20-35;1-4-5(2)3;1-4-2-5-3-4;2*1-2/h10,13-16,21-22,26-27H,4,6-9,11-12,17-20,23H2,1-3,5H3,(H,32,33,34);4H,1-2H2,3H3;4H,2-3H2,1H3;1-2H3;1H2/b16-15-;;;;. The molecule has 3 heterocycles. The number of rotatable bonds is 14. The highest BCUT2D eigenvalue weighted by atomic mass is 16.5. The first kappa shape index (κ1) is 45.6. The Morgan fingerprint density at radius 1 is 1.10 bits per heavy atom. The third kappa shape index (κ3) is 20.7. The molecule has 4 rings (SSSR count). The average molecular weight is 675 g/mol. The van der Waals surface area contributed by atoms with Crippen LogP contribution in [0.4, 0.5) is 11.6 Å². The molecule has 2 aliphatic rings. The Morgan fingerprint density at radius 3 is 2.20 bits per heavy atom. The fourth-order valence-electron chi connectivity index (χ4n) is 5.35. The quantitative estimate of drug-likeness (QED) is 0.201. The van der Waals surface area contributed by atoms with Crippen LogP contribution in [0.3, 0.4) is 0 Å². The van der Waals surface area contributed by atoms with E-state index < -0.39 is 0 Å². The summed E-state index contributed by atoms with van der Waals surface area (Å²) < 4.78 is 4.83. The smallest absolute Gasteiger partial charge is 0.227 e. The van der Waals surface area contributed by atoms with E-state index in [4.69, 9.17) is 14.5 Å². The second-order valence-corrected chi connectivity index (χ2v) is 12.9. The van der Waals surface area contributed by atoms with Gasteiger partial charge in [0.2, 0.25) is 5.95 Å². The zero-order chi connectivity index (χ0) is 37.0. The van der Waals surface area contributed by atoms with E-state index in [2.05, 4.69) is 99.0 Å². The van der Waals surface area contributed by atoms with Crippen LogP contribution in [0.2, 0.25) is 0 Å². The van der Waals surface area contributed by atoms with Crippen LogP contribution in [0.15, 0.2) is 73.5 Å². The van der Waals surface area contributed by atoms with Crippen molar-refractivity contribution in [3.8, 4) is 0 Å². The molecular formula is C43H70N4O2. The molecule has 0 aliphatic carbocycles. The molecule has 0 bridgehead atoms. The van der Waals surface area contributed by atoms with E-state index in [9.17, 15) is 0 Å². The zero-order valence-corrected chi connectivity index (χ0v) is 32.5. The number of piperidine rings is 1. The Morgan fingerprint density at radius 2 is 1.71 bits per heavy atom. The molecule has 2 saturated heterocycles. The molecule has 274 valence electrons. The molecule has 0 spiro atoms. The van der Waals surface area contributed by atoms with Gasteiger partial charge in [-0.15, -0.1) is 0 Å². The maximum atomic E-state index is 8.00. The maximum Gasteiger partial charge on any atom is 0.227 e. The molecular weight excluding hydrogens is 604 g/mol. The minimum atomic E-state index is 0.643. The first-order valence-corrected chi connectivity index (χ1v) is 18.6. The predicted molar refractivity (Wildman–Crippen MR) is 214 cm³/mol. The lowest BCUT2D eigenvalue weighted by molar-refractivity contribution is -0.0980. The third-order valence-electron chi connectivity index (χ3n) is 8.81. The number of allylic oxidation sites excluding steroid dienone is 4. The van der Waals surface area contributed by atoms with Gasteiger partial charge in [0.1, 0.15) is 6.79 Å². The summed E-state index contributed by atoms with van der Waals surface area (Å²) in [7, 11) is 0. The summed E-state index contributed by atoms with van der Waals surface area (Å²) >= 11 is 0. The van der Waals surface area contributed by atoms with Crippen LogP contribution in [0.25, 0.3) is 6.08 Å². The number of anilines is 2. The monoisotopic (exact) mass is 675 g/mol. The highest BCUT2D eigenvalue weighted by Gasteiger charge is 2.17. The van der Waals surface area contributed by atoms with Crippen LogP contribution in [0.5, 0.6) is 0 Å². The number of aryl methyl sites for hydroxylation is 1. The summed E-state index contributed by atoms with van der Waals surface area (Å²) in [6.45, 7) is 35.7. The van der Waals surface area contributed by atoms with Crippen LogP contribution in [0, 0.1) is 24.7 Å². The third-order valence-corrected chi connectivity index (χ3v) is 8.81. The number of carbonyl (C=O) groups is 1. The molecule has 1 aromatic carbocycles. The van der Waals surface area contributed by atoms with Gasteiger partial charge in [-0.3, -0.25) is 4.90 Å². The van der Waals surface area contributed by atoms with E-state index in [0.29, 0.717) is 5.95 Å². The minimum Gasteiger partial charge on any atom is -0.381 e. The first-order chi connectivity index (χ1) is 23.7. The largest absolute Gasteiger partial charge is 0.381 e. The van der Waals surface area contributed by atoms with Crippen molar-refractivity contribution in [3.05, 3.63) is 90.3 Å². The summed E-state index contributed by atoms with van der Waals surface area (Å²) in [6.07, 6.45) is 17.9. The van der Waals surface area contributed by atoms with Gasteiger partial charge in [-0.1, -0.05) is 128 Å². The SMILES string of the molecule is C=C(/C=C\c1cnc(Nc2cccc(CN3CCC(CC)CC3)c2)nc1C)CCCC(CC)CC.C=CC(=C)C.C=O.CC.CC1COC1. The second kappa shape index (κ2) is 28.5. The van der Waals surface area contributed by atoms with Crippen molar-refractivity contribution < 1.29 is 9.53 Å². The summed E-state index contributed by atoms with van der Waals surface area (Å²) in [6, 6.07) is 8.65. The van der Waals surface area contributed by atoms with Crippen molar-refractivity contribution >= 4 is 24.5 Å². The lowest BCUT2D eigenvalue weighted by Crippen LogP contribution is -2.32. The van der Waals surface area contributed by atoms with E-state index in [-0.39, 0.29) is 0 Å². The van der Waals surface area contributed by atoms with Crippen LogP contribution in [0.1, 0.15) is 117 Å². The van der Waals surface area contributed by atoms with Gasteiger partial charge in [0, 0.05) is 29.9 Å². The fraction of sp³-hybridized carbons (Fsp3) is 0.558. The summed E-state index contributed by atoms with van der Waals surface area (Å²) in [5.74, 6) is 3.25. The Balaban J connectivity index is 0.00000139. The lowest BCUT2D eigenvalue weighted by atomic mass is 9.94. The Kier molecular flexibility index (Phi) is 26.5. The van der Waals surface area contributed by atoms with Gasteiger partial charge in [-0.2, -0.15) is 0 Å². The maximum absolute atomic E-state index is 8.00. The van der Waals surface area contributed by atoms with Gasteiger partial charge in [-0.05, 0) is 82.2 Å². The number of hydrogen-bond donors (Lipinski definition) is 1. The molecule has 2 fully saturated rings. The van der Waals surface area contributed by atoms with Crippen molar-refractivity contribution in [3.63, 3.8) is 0 Å². The molecule has 0 atom stereocenters. The van der Waals surface area contributed by atoms with E-state index in [0.717, 1.165) is 66.5 Å². The second-order valence-electron chi connectivity index (χ2n) is 12.9. The van der Waals surface area contributed by atoms with Crippen molar-refractivity contribution in [2.24, 2.45) is 17.8 Å². The normalized spacial score (nSPS) is 14.4. The molecule has 6 heteroatoms. The summed E-state index contributed by atoms with van der Waals surface area (Å²) in [5, 5.41) is 3.40. The van der Waals surface area contributed by atoms with Gasteiger partial charge in [0.15, 0.2) is 0 Å². The number of nitrogens with one attached hydrogen (secondary N) is 1. The Hall–Kier alpha value is -3.35. The Labute approximate surface area is 301 Å². The van der Waals surface area contributed by atoms with Crippen LogP contribution >= 0.6 is 0 Å². The van der Waals surface area contributed by atoms with Gasteiger partial charge in [0.05, 0.1) is 18.9 Å². The number of ether oxygens (including phenoxy) is 1. The van der Waals surface area contributed by atoms with Crippen molar-refractivity contribution in [1.82, 2.24) is 14.9 Å². The molecule has 0 saturated carbocycles. The van der Waals surface area contributed by atoms with Gasteiger partial charge in [0.25, 0.3) is 0 Å². The van der Waals surface area contributed by atoms with Crippen molar-refractivity contribution in [1.29, 1.82) is 0 Å². The molecule has 2 aliphatic heterocycles. The number of hydrogen-bond acceptors (Lipinski definition) is 6. The molecule has 6 nitrogen and oxygen atoms in total. The van der Waals surface area contributed by atoms with Crippen molar-refractivity contribution in [2.75, 3.05) is 31.6 Å². The topological polar surface area (TPSA) is 67.4 Å². The van der Waals surface area contributed by atoms with Gasteiger partial charge < -0.3 is 14.8 Å². The number of aromatic nitrogens is 2. The van der Waals surface area contributed by atoms with Gasteiger partial charge in [-0.25, -0.2) is 9.97 Å². The van der Waals surface area contributed by atoms with E-state index in [1.807, 2.05) is 40.7 Å². The van der Waals surface area contributed by atoms with Crippen LogP contribution in [-0.2, 0) is 16.1 Å². The van der Waals surface area contributed by atoms with Crippen LogP contribution in [-0.4, -0.2) is 48.0 Å². The predicted octanol–water partition coefficient (Wildman–Crippen LogP) is 11.6. The summed E-state index contributed by atoms with van der Waals surface area (Å²) in [4.78, 5) is 19.8. The van der Waals surface area contributed by atoms with Crippen molar-refractivity contribution in [2.45, 2.75) is 113 Å². The zero-order valence-electron chi connectivity index (χ0n) is 32.5. The molecule has 1 N–H and O–H groups in total. The highest BCUT2D eigenvalue weighted by molar-refractivity contribution is 5.58. The average Bonchev–Trinajstić information content (AvgIpc) is 3.11. The molecule has 0 amide bonds. The molecule has 0 unspecified atom stereocenters. The number of benzene rings is 1. The molecule has 0 radical (unpaired) electrons. The van der Waals surface area contributed by atoms with Gasteiger partial charge >= 0.3 is 0 Å². The Bertz CT molecular complexity index is 1210. The summed E-state index contributed by atoms with van der Waals surface area (Å²) in [5.41, 5.74) is 6.58. The lowest BCUT2D eigenvalue weighted by Gasteiger charge is -2.31. The van der Waals surface area contributed by atoms with E-state index in [1.54, 1.807) is 6.08 Å². The molecule has 1 aromatic heterocycles. The number of nitrogens with zero attached hydrogens (tertiary/aromatic N) is 3. The molecule has 2 aromatic rings. The first-order valence-electron chi connectivity index (χ1n) is 18.6. The fourth-order valence-corrected chi connectivity index (χ4v) is 5.35. The minimum absolute atomic E-state index is 0.643. The highest BCUT2D eigenvalue weighted by Crippen LogP contribution is 2.23. The van der Waals surface area contributed by atoms with E-state index in [1.165, 1.54) is 69.2 Å².